The first-order valence-corrected chi connectivity index (χ1v) is 31.2. The van der Waals surface area contributed by atoms with Gasteiger partial charge in [-0.2, -0.15) is 0 Å². The third-order valence-corrected chi connectivity index (χ3v) is 14.6. The topological polar surface area (TPSA) is 108 Å². The Morgan fingerprint density at radius 3 is 1.15 bits per heavy atom. The van der Waals surface area contributed by atoms with Crippen LogP contribution in [0.2, 0.25) is 0 Å². The number of hydrogen-bond acceptors (Lipinski definition) is 6. The summed E-state index contributed by atoms with van der Waals surface area (Å²) in [5, 5.41) is 13.9. The third-order valence-electron chi connectivity index (χ3n) is 13.7. The molecule has 0 bridgehead atoms. The van der Waals surface area contributed by atoms with Gasteiger partial charge in [-0.25, -0.2) is 0 Å². The maximum absolute atomic E-state index is 13.0. The van der Waals surface area contributed by atoms with Crippen molar-refractivity contribution in [1.82, 2.24) is 5.32 Å². The maximum Gasteiger partial charge on any atom is 0.268 e. The molecule has 8 nitrogen and oxygen atoms in total. The molecule has 0 aromatic carbocycles. The number of rotatable bonds is 55. The Kier molecular flexibility index (Phi) is 50.1. The van der Waals surface area contributed by atoms with E-state index in [9.17, 15) is 19.4 Å². The summed E-state index contributed by atoms with van der Waals surface area (Å²) in [5.74, 6) is -0.197. The van der Waals surface area contributed by atoms with Gasteiger partial charge in [-0.15, -0.1) is 0 Å². The number of hydrogen-bond donors (Lipinski definition) is 2. The Morgan fingerprint density at radius 2 is 0.809 bits per heavy atom. The number of carbonyl (C=O) groups is 1. The highest BCUT2D eigenvalue weighted by Gasteiger charge is 2.23. The summed E-state index contributed by atoms with van der Waals surface area (Å²) in [6.07, 6.45) is 64.0. The van der Waals surface area contributed by atoms with Crippen LogP contribution in [0, 0.1) is 0 Å². The number of quaternary nitrogens is 1. The number of amides is 1. The molecule has 68 heavy (non-hydrogen) atoms. The molecule has 0 aliphatic heterocycles. The summed E-state index contributed by atoms with van der Waals surface area (Å²) in [6.45, 7) is 4.69. The smallest absolute Gasteiger partial charge is 0.268 e. The lowest BCUT2D eigenvalue weighted by molar-refractivity contribution is -0.870. The quantitative estimate of drug-likeness (QED) is 0.0272. The van der Waals surface area contributed by atoms with E-state index in [0.717, 1.165) is 38.5 Å². The molecule has 1 amide bonds. The Balaban J connectivity index is 4.19. The summed E-state index contributed by atoms with van der Waals surface area (Å²) in [7, 11) is 1.27. The van der Waals surface area contributed by atoms with E-state index in [0.29, 0.717) is 17.4 Å². The highest BCUT2D eigenvalue weighted by atomic mass is 31.2. The van der Waals surface area contributed by atoms with E-state index >= 15 is 0 Å². The standard InChI is InChI=1S/C59H117N2O6P/c1-6-8-10-12-14-16-18-20-22-24-26-28-30-31-32-34-36-38-40-42-44-46-48-50-52-58(62)57(56-67-68(64,65)66-55-54-61(3,4)5)60-59(63)53-51-49-47-45-43-41-39-37-35-33-29-27-25-23-21-19-17-15-13-11-9-7-2/h33,35,50,52,57-58,62H,6-32,34,36-49,51,53-56H2,1-5H3,(H-,60,63,64,65)/b35-33-,52-50+. The molecule has 0 saturated carbocycles. The number of aliphatic hydroxyl groups excluding tert-OH is 1. The van der Waals surface area contributed by atoms with E-state index in [4.69, 9.17) is 9.05 Å². The zero-order valence-corrected chi connectivity index (χ0v) is 47.0. The number of allylic oxidation sites excluding steroid dienone is 3. The largest absolute Gasteiger partial charge is 0.756 e. The average molecular weight is 982 g/mol. The summed E-state index contributed by atoms with van der Waals surface area (Å²) in [5.41, 5.74) is 0. The van der Waals surface area contributed by atoms with Crippen molar-refractivity contribution < 1.29 is 32.9 Å². The Morgan fingerprint density at radius 1 is 0.500 bits per heavy atom. The minimum absolute atomic E-state index is 0.000146. The van der Waals surface area contributed by atoms with Crippen molar-refractivity contribution in [2.75, 3.05) is 40.9 Å². The molecule has 0 radical (unpaired) electrons. The SMILES string of the molecule is CCCCCCCCCCCCC/C=C\CCCCCCCCCC(=O)NC(COP(=O)([O-])OCC[N+](C)(C)C)C(O)/C=C/CCCCCCCCCCCCCCCCCCCCCCCC. The number of nitrogens with zero attached hydrogens (tertiary/aromatic N) is 1. The van der Waals surface area contributed by atoms with E-state index in [-0.39, 0.29) is 19.1 Å². The van der Waals surface area contributed by atoms with Crippen LogP contribution in [0.5, 0.6) is 0 Å². The molecule has 0 aromatic rings. The number of carbonyl (C=O) groups excluding carboxylic acids is 1. The summed E-state index contributed by atoms with van der Waals surface area (Å²) < 4.78 is 23.4. The lowest BCUT2D eigenvalue weighted by Crippen LogP contribution is -2.45. The summed E-state index contributed by atoms with van der Waals surface area (Å²) in [4.78, 5) is 25.5. The van der Waals surface area contributed by atoms with Gasteiger partial charge in [0.15, 0.2) is 0 Å². The van der Waals surface area contributed by atoms with Crippen LogP contribution in [-0.4, -0.2) is 68.5 Å². The van der Waals surface area contributed by atoms with Gasteiger partial charge in [-0.05, 0) is 44.9 Å². The molecule has 2 N–H and O–H groups in total. The van der Waals surface area contributed by atoms with Gasteiger partial charge in [0.05, 0.1) is 39.9 Å². The highest BCUT2D eigenvalue weighted by Crippen LogP contribution is 2.38. The van der Waals surface area contributed by atoms with Crippen molar-refractivity contribution in [3.05, 3.63) is 24.3 Å². The van der Waals surface area contributed by atoms with Gasteiger partial charge >= 0.3 is 0 Å². The molecule has 0 saturated heterocycles. The van der Waals surface area contributed by atoms with Gasteiger partial charge in [0.2, 0.25) is 5.91 Å². The van der Waals surface area contributed by atoms with Crippen LogP contribution < -0.4 is 10.2 Å². The second-order valence-corrected chi connectivity index (χ2v) is 23.1. The van der Waals surface area contributed by atoms with Crippen LogP contribution >= 0.6 is 7.82 Å². The fourth-order valence-electron chi connectivity index (χ4n) is 8.97. The second-order valence-electron chi connectivity index (χ2n) is 21.7. The molecule has 0 aliphatic rings. The van der Waals surface area contributed by atoms with Crippen LogP contribution in [-0.2, 0) is 18.4 Å². The molecule has 404 valence electrons. The predicted octanol–water partition coefficient (Wildman–Crippen LogP) is 17.4. The predicted molar refractivity (Wildman–Crippen MR) is 293 cm³/mol. The van der Waals surface area contributed by atoms with E-state index in [1.165, 1.54) is 238 Å². The zero-order valence-electron chi connectivity index (χ0n) is 46.1. The fraction of sp³-hybridized carbons (Fsp3) is 0.915. The lowest BCUT2D eigenvalue weighted by atomic mass is 10.0. The fourth-order valence-corrected chi connectivity index (χ4v) is 9.70. The molecular formula is C59H117N2O6P. The van der Waals surface area contributed by atoms with E-state index in [1.807, 2.05) is 27.2 Å². The van der Waals surface area contributed by atoms with Crippen LogP contribution in [0.4, 0.5) is 0 Å². The molecule has 0 aromatic heterocycles. The highest BCUT2D eigenvalue weighted by molar-refractivity contribution is 7.45. The van der Waals surface area contributed by atoms with Gasteiger partial charge in [-0.3, -0.25) is 9.36 Å². The maximum atomic E-state index is 13.0. The number of unbranched alkanes of at least 4 members (excludes halogenated alkanes) is 40. The number of likely N-dealkylation sites (N-methyl/N-ethyl adjacent to an activating group) is 1. The summed E-state index contributed by atoms with van der Waals surface area (Å²) in [6, 6.07) is -0.888. The monoisotopic (exact) mass is 981 g/mol. The van der Waals surface area contributed by atoms with Gasteiger partial charge in [0, 0.05) is 6.42 Å². The van der Waals surface area contributed by atoms with E-state index < -0.39 is 20.0 Å². The minimum Gasteiger partial charge on any atom is -0.756 e. The molecule has 0 spiro atoms. The van der Waals surface area contributed by atoms with Gasteiger partial charge in [-0.1, -0.05) is 269 Å². The zero-order chi connectivity index (χ0) is 49.9. The van der Waals surface area contributed by atoms with Crippen LogP contribution in [0.1, 0.15) is 296 Å². The number of phosphoric ester groups is 1. The minimum atomic E-state index is -4.60. The van der Waals surface area contributed by atoms with Gasteiger partial charge in [0.1, 0.15) is 13.2 Å². The molecule has 0 heterocycles. The van der Waals surface area contributed by atoms with Crippen molar-refractivity contribution in [2.45, 2.75) is 309 Å². The molecule has 9 heteroatoms. The molecule has 3 unspecified atom stereocenters. The Hall–Kier alpha value is -1.02. The second kappa shape index (κ2) is 50.9. The molecule has 0 fully saturated rings. The normalized spacial score (nSPS) is 14.0. The lowest BCUT2D eigenvalue weighted by Gasteiger charge is -2.29. The Bertz CT molecular complexity index is 1160. The van der Waals surface area contributed by atoms with Crippen LogP contribution in [0.25, 0.3) is 0 Å². The van der Waals surface area contributed by atoms with Crippen LogP contribution in [0.15, 0.2) is 24.3 Å². The first-order valence-electron chi connectivity index (χ1n) is 29.7. The number of aliphatic hydroxyl groups is 1. The molecular weight excluding hydrogens is 864 g/mol. The third kappa shape index (κ3) is 52.8. The van der Waals surface area contributed by atoms with Crippen molar-refractivity contribution in [2.24, 2.45) is 0 Å². The molecule has 0 aliphatic carbocycles. The van der Waals surface area contributed by atoms with Gasteiger partial charge < -0.3 is 28.8 Å². The van der Waals surface area contributed by atoms with Crippen molar-refractivity contribution in [1.29, 1.82) is 0 Å². The number of nitrogens with one attached hydrogen (secondary N) is 1. The number of phosphoric acid groups is 1. The van der Waals surface area contributed by atoms with Gasteiger partial charge in [0.25, 0.3) is 7.82 Å². The van der Waals surface area contributed by atoms with E-state index in [1.54, 1.807) is 6.08 Å². The Labute approximate surface area is 424 Å². The van der Waals surface area contributed by atoms with E-state index in [2.05, 4.69) is 31.3 Å². The average Bonchev–Trinajstić information content (AvgIpc) is 3.30. The molecule has 0 rings (SSSR count). The molecule has 3 atom stereocenters. The summed E-state index contributed by atoms with van der Waals surface area (Å²) >= 11 is 0. The van der Waals surface area contributed by atoms with Crippen LogP contribution in [0.3, 0.4) is 0 Å². The van der Waals surface area contributed by atoms with Crippen molar-refractivity contribution in [3.63, 3.8) is 0 Å². The van der Waals surface area contributed by atoms with Crippen molar-refractivity contribution in [3.8, 4) is 0 Å². The van der Waals surface area contributed by atoms with Crippen molar-refractivity contribution >= 4 is 13.7 Å². The first-order chi connectivity index (χ1) is 33.0. The first kappa shape index (κ1) is 67.0.